The SMILES string of the molecule is CN(C)CCCN(C(=O)COc1ccc(F)cc1)c1nc2ccc(Cl)cc2s1. The number of carbonyl (C=O) groups is 1. The topological polar surface area (TPSA) is 45.7 Å². The van der Waals surface area contributed by atoms with Crippen LogP contribution in [0.4, 0.5) is 9.52 Å². The second kappa shape index (κ2) is 9.32. The lowest BCUT2D eigenvalue weighted by atomic mass is 10.3. The molecule has 0 atom stereocenters. The monoisotopic (exact) mass is 421 g/mol. The molecule has 0 aliphatic heterocycles. The van der Waals surface area contributed by atoms with Crippen LogP contribution >= 0.6 is 22.9 Å². The minimum Gasteiger partial charge on any atom is -0.484 e. The highest BCUT2D eigenvalue weighted by Crippen LogP contribution is 2.31. The quantitative estimate of drug-likeness (QED) is 0.539. The predicted octanol–water partition coefficient (Wildman–Crippen LogP) is 4.45. The third kappa shape index (κ3) is 5.41. The zero-order valence-electron chi connectivity index (χ0n) is 15.7. The van der Waals surface area contributed by atoms with E-state index in [0.717, 1.165) is 23.2 Å². The van der Waals surface area contributed by atoms with Crippen LogP contribution in [-0.2, 0) is 4.79 Å². The van der Waals surface area contributed by atoms with Gasteiger partial charge in [-0.25, -0.2) is 9.37 Å². The Morgan fingerprint density at radius 1 is 1.18 bits per heavy atom. The number of fused-ring (bicyclic) bond motifs is 1. The first-order valence-electron chi connectivity index (χ1n) is 8.82. The Bertz CT molecular complexity index is 946. The molecular formula is C20H21ClFN3O2S. The van der Waals surface area contributed by atoms with Gasteiger partial charge in [-0.3, -0.25) is 9.69 Å². The van der Waals surface area contributed by atoms with Gasteiger partial charge in [0.05, 0.1) is 10.2 Å². The highest BCUT2D eigenvalue weighted by molar-refractivity contribution is 7.22. The zero-order chi connectivity index (χ0) is 20.1. The van der Waals surface area contributed by atoms with Crippen molar-refractivity contribution < 1.29 is 13.9 Å². The molecule has 3 rings (SSSR count). The standard InChI is InChI=1S/C20H21ClFN3O2S/c1-24(2)10-3-11-25(19(26)13-27-16-7-5-15(22)6-8-16)20-23-17-9-4-14(21)12-18(17)28-20/h4-9,12H,3,10-11,13H2,1-2H3. The van der Waals surface area contributed by atoms with Gasteiger partial charge in [0, 0.05) is 11.6 Å². The van der Waals surface area contributed by atoms with E-state index in [0.29, 0.717) is 22.4 Å². The van der Waals surface area contributed by atoms with Crippen molar-refractivity contribution in [3.8, 4) is 5.75 Å². The summed E-state index contributed by atoms with van der Waals surface area (Å²) < 4.78 is 19.5. The number of hydrogen-bond acceptors (Lipinski definition) is 5. The summed E-state index contributed by atoms with van der Waals surface area (Å²) in [6.45, 7) is 1.22. The Morgan fingerprint density at radius 2 is 1.93 bits per heavy atom. The molecule has 8 heteroatoms. The third-order valence-corrected chi connectivity index (χ3v) is 5.31. The number of rotatable bonds is 8. The molecule has 28 heavy (non-hydrogen) atoms. The van der Waals surface area contributed by atoms with E-state index in [1.165, 1.54) is 35.6 Å². The van der Waals surface area contributed by atoms with Crippen molar-refractivity contribution in [3.63, 3.8) is 0 Å². The lowest BCUT2D eigenvalue weighted by Crippen LogP contribution is -2.36. The largest absolute Gasteiger partial charge is 0.484 e. The van der Waals surface area contributed by atoms with E-state index in [2.05, 4.69) is 9.88 Å². The molecular weight excluding hydrogens is 401 g/mol. The minimum absolute atomic E-state index is 0.149. The molecule has 0 radical (unpaired) electrons. The van der Waals surface area contributed by atoms with Gasteiger partial charge in [0.1, 0.15) is 11.6 Å². The summed E-state index contributed by atoms with van der Waals surface area (Å²) in [5.74, 6) is -0.107. The predicted molar refractivity (Wildman–Crippen MR) is 112 cm³/mol. The second-order valence-corrected chi connectivity index (χ2v) is 8.00. The smallest absolute Gasteiger partial charge is 0.266 e. The molecule has 5 nitrogen and oxygen atoms in total. The molecule has 3 aromatic rings. The fourth-order valence-corrected chi connectivity index (χ4v) is 3.91. The summed E-state index contributed by atoms with van der Waals surface area (Å²) in [4.78, 5) is 21.2. The number of benzene rings is 2. The second-order valence-electron chi connectivity index (χ2n) is 6.55. The Morgan fingerprint density at radius 3 is 2.64 bits per heavy atom. The van der Waals surface area contributed by atoms with E-state index < -0.39 is 0 Å². The van der Waals surface area contributed by atoms with Gasteiger partial charge < -0.3 is 9.64 Å². The fourth-order valence-electron chi connectivity index (χ4n) is 2.63. The van der Waals surface area contributed by atoms with Gasteiger partial charge in [0.25, 0.3) is 5.91 Å². The molecule has 0 fully saturated rings. The van der Waals surface area contributed by atoms with E-state index in [9.17, 15) is 9.18 Å². The molecule has 1 amide bonds. The first-order valence-corrected chi connectivity index (χ1v) is 10.0. The maximum Gasteiger partial charge on any atom is 0.266 e. The molecule has 0 unspecified atom stereocenters. The number of carbonyl (C=O) groups excluding carboxylic acids is 1. The van der Waals surface area contributed by atoms with Crippen LogP contribution in [0.25, 0.3) is 10.2 Å². The van der Waals surface area contributed by atoms with Crippen molar-refractivity contribution in [3.05, 3.63) is 53.3 Å². The van der Waals surface area contributed by atoms with Gasteiger partial charge in [-0.2, -0.15) is 0 Å². The van der Waals surface area contributed by atoms with Crippen LogP contribution in [0.1, 0.15) is 6.42 Å². The van der Waals surface area contributed by atoms with Crippen molar-refractivity contribution in [1.29, 1.82) is 0 Å². The third-order valence-electron chi connectivity index (χ3n) is 4.03. The number of aromatic nitrogens is 1. The van der Waals surface area contributed by atoms with Crippen LogP contribution in [0.3, 0.4) is 0 Å². The first kappa shape index (κ1) is 20.5. The molecule has 0 saturated carbocycles. The van der Waals surface area contributed by atoms with Crippen LogP contribution in [0.5, 0.6) is 5.75 Å². The molecule has 0 aliphatic rings. The fraction of sp³-hybridized carbons (Fsp3) is 0.300. The van der Waals surface area contributed by atoms with Gasteiger partial charge in [0.2, 0.25) is 0 Å². The highest BCUT2D eigenvalue weighted by atomic mass is 35.5. The van der Waals surface area contributed by atoms with E-state index in [1.54, 1.807) is 11.0 Å². The van der Waals surface area contributed by atoms with Crippen molar-refractivity contribution in [2.24, 2.45) is 0 Å². The maximum atomic E-state index is 13.0. The van der Waals surface area contributed by atoms with Crippen molar-refractivity contribution in [2.45, 2.75) is 6.42 Å². The molecule has 148 valence electrons. The van der Waals surface area contributed by atoms with E-state index >= 15 is 0 Å². The van der Waals surface area contributed by atoms with Gasteiger partial charge in [0.15, 0.2) is 11.7 Å². The molecule has 0 aliphatic carbocycles. The lowest BCUT2D eigenvalue weighted by molar-refractivity contribution is -0.120. The van der Waals surface area contributed by atoms with E-state index in [-0.39, 0.29) is 18.3 Å². The molecule has 0 N–H and O–H groups in total. The number of halogens is 2. The number of amides is 1. The van der Waals surface area contributed by atoms with Gasteiger partial charge in [-0.05, 0) is 69.5 Å². The lowest BCUT2D eigenvalue weighted by Gasteiger charge is -2.21. The molecule has 1 aromatic heterocycles. The Kier molecular flexibility index (Phi) is 6.83. The maximum absolute atomic E-state index is 13.0. The van der Waals surface area contributed by atoms with E-state index in [4.69, 9.17) is 16.3 Å². The minimum atomic E-state index is -0.350. The number of hydrogen-bond donors (Lipinski definition) is 0. The summed E-state index contributed by atoms with van der Waals surface area (Å²) in [6.07, 6.45) is 0.798. The highest BCUT2D eigenvalue weighted by Gasteiger charge is 2.20. The van der Waals surface area contributed by atoms with Crippen molar-refractivity contribution in [1.82, 2.24) is 9.88 Å². The normalized spacial score (nSPS) is 11.2. The number of anilines is 1. The molecule has 2 aromatic carbocycles. The van der Waals surface area contributed by atoms with Gasteiger partial charge >= 0.3 is 0 Å². The number of ether oxygens (including phenoxy) is 1. The Balaban J connectivity index is 1.76. The number of nitrogens with zero attached hydrogens (tertiary/aromatic N) is 3. The van der Waals surface area contributed by atoms with Gasteiger partial charge in [-0.1, -0.05) is 22.9 Å². The van der Waals surface area contributed by atoms with Crippen LogP contribution in [0.15, 0.2) is 42.5 Å². The summed E-state index contributed by atoms with van der Waals surface area (Å²) >= 11 is 7.48. The summed E-state index contributed by atoms with van der Waals surface area (Å²) in [5, 5.41) is 1.25. The van der Waals surface area contributed by atoms with Gasteiger partial charge in [-0.15, -0.1) is 0 Å². The molecule has 0 bridgehead atoms. The van der Waals surface area contributed by atoms with Crippen LogP contribution < -0.4 is 9.64 Å². The Hall–Kier alpha value is -2.22. The van der Waals surface area contributed by atoms with Crippen molar-refractivity contribution in [2.75, 3.05) is 38.7 Å². The molecule has 1 heterocycles. The first-order chi connectivity index (χ1) is 13.4. The molecule has 0 saturated heterocycles. The summed E-state index contributed by atoms with van der Waals surface area (Å²) in [5.41, 5.74) is 0.800. The summed E-state index contributed by atoms with van der Waals surface area (Å²) in [7, 11) is 3.98. The van der Waals surface area contributed by atoms with Crippen LogP contribution in [-0.4, -0.2) is 49.6 Å². The summed E-state index contributed by atoms with van der Waals surface area (Å²) in [6, 6.07) is 11.1. The van der Waals surface area contributed by atoms with Crippen molar-refractivity contribution >= 4 is 44.2 Å². The van der Waals surface area contributed by atoms with E-state index in [1.807, 2.05) is 26.2 Å². The average Bonchev–Trinajstić information content (AvgIpc) is 3.07. The van der Waals surface area contributed by atoms with Crippen LogP contribution in [0, 0.1) is 5.82 Å². The zero-order valence-corrected chi connectivity index (χ0v) is 17.3. The average molecular weight is 422 g/mol. The van der Waals surface area contributed by atoms with Crippen LogP contribution in [0.2, 0.25) is 5.02 Å². The Labute approximate surface area is 172 Å². The number of thiazole rings is 1. The molecule has 0 spiro atoms.